The highest BCUT2D eigenvalue weighted by molar-refractivity contribution is 7.90. The maximum atomic E-state index is 13.1. The molecule has 2 heterocycles. The minimum atomic E-state index is -3.50. The number of aliphatic hydroxyl groups is 1. The Morgan fingerprint density at radius 2 is 1.83 bits per heavy atom. The van der Waals surface area contributed by atoms with E-state index in [2.05, 4.69) is 10.2 Å². The first kappa shape index (κ1) is 25.4. The van der Waals surface area contributed by atoms with E-state index in [4.69, 9.17) is 16.3 Å². The van der Waals surface area contributed by atoms with Gasteiger partial charge in [0, 0.05) is 11.6 Å². The zero-order chi connectivity index (χ0) is 24.8. The first-order valence-corrected chi connectivity index (χ1v) is 14.2. The minimum absolute atomic E-state index is 0.0243. The van der Waals surface area contributed by atoms with Gasteiger partial charge in [0.25, 0.3) is 0 Å². The summed E-state index contributed by atoms with van der Waals surface area (Å²) in [6.45, 7) is 0.0888. The first-order chi connectivity index (χ1) is 16.9. The maximum Gasteiger partial charge on any atom is 0.178 e. The number of halogens is 1. The molecule has 0 amide bonds. The highest BCUT2D eigenvalue weighted by Gasteiger charge is 2.24. The quantitative estimate of drug-likeness (QED) is 0.300. The Hall–Kier alpha value is -2.72. The van der Waals surface area contributed by atoms with E-state index in [9.17, 15) is 13.5 Å². The number of rotatable bonds is 11. The lowest BCUT2D eigenvalue weighted by atomic mass is 10.1. The molecular weight excluding hydrogens is 506 g/mol. The molecule has 7 nitrogen and oxygen atoms in total. The molecule has 0 spiro atoms. The molecule has 0 fully saturated rings. The van der Waals surface area contributed by atoms with Gasteiger partial charge < -0.3 is 9.84 Å². The summed E-state index contributed by atoms with van der Waals surface area (Å²) in [6.07, 6.45) is 1.68. The Bertz CT molecular complexity index is 1370. The van der Waals surface area contributed by atoms with Gasteiger partial charge in [0.05, 0.1) is 23.4 Å². The average molecular weight is 532 g/mol. The van der Waals surface area contributed by atoms with Crippen LogP contribution in [0.5, 0.6) is 5.75 Å². The summed E-state index contributed by atoms with van der Waals surface area (Å²) >= 11 is 7.43. The molecule has 0 bridgehead atoms. The number of aromatic nitrogens is 3. The highest BCUT2D eigenvalue weighted by Crippen LogP contribution is 2.33. The Labute approximate surface area is 213 Å². The molecular formula is C25H26ClN3O4S2. The smallest absolute Gasteiger partial charge is 0.178 e. The number of thiophene rings is 1. The van der Waals surface area contributed by atoms with Crippen LogP contribution in [0, 0.1) is 0 Å². The first-order valence-electron chi connectivity index (χ1n) is 11.1. The molecule has 2 aromatic heterocycles. The number of hydrogen-bond acceptors (Lipinski definition) is 7. The van der Waals surface area contributed by atoms with E-state index >= 15 is 0 Å². The van der Waals surface area contributed by atoms with Gasteiger partial charge in [-0.3, -0.25) is 4.57 Å². The van der Waals surface area contributed by atoms with Crippen molar-refractivity contribution in [1.29, 1.82) is 0 Å². The largest absolute Gasteiger partial charge is 0.495 e. The molecule has 0 aliphatic rings. The van der Waals surface area contributed by atoms with Gasteiger partial charge in [0.15, 0.2) is 21.5 Å². The number of ether oxygens (including phenoxy) is 1. The van der Waals surface area contributed by atoms with Crippen molar-refractivity contribution in [3.63, 3.8) is 0 Å². The number of hydrogen-bond donors (Lipinski definition) is 1. The van der Waals surface area contributed by atoms with Gasteiger partial charge in [-0.1, -0.05) is 35.9 Å². The second kappa shape index (κ2) is 11.3. The topological polar surface area (TPSA) is 94.3 Å². The van der Waals surface area contributed by atoms with Crippen LogP contribution in [0.4, 0.5) is 0 Å². The van der Waals surface area contributed by atoms with Crippen molar-refractivity contribution in [2.75, 3.05) is 19.5 Å². The van der Waals surface area contributed by atoms with Crippen LogP contribution >= 0.6 is 22.9 Å². The van der Waals surface area contributed by atoms with E-state index in [1.54, 1.807) is 23.8 Å². The van der Waals surface area contributed by atoms with E-state index < -0.39 is 9.84 Å². The van der Waals surface area contributed by atoms with Crippen molar-refractivity contribution in [2.24, 2.45) is 0 Å². The van der Waals surface area contributed by atoms with E-state index in [0.717, 1.165) is 16.0 Å². The predicted molar refractivity (Wildman–Crippen MR) is 139 cm³/mol. The zero-order valence-corrected chi connectivity index (χ0v) is 21.6. The molecule has 0 radical (unpaired) electrons. The number of methoxy groups -OCH3 is 1. The summed E-state index contributed by atoms with van der Waals surface area (Å²) in [5.74, 6) is 1.17. The molecule has 2 aromatic carbocycles. The third-order valence-electron chi connectivity index (χ3n) is 5.54. The lowest BCUT2D eigenvalue weighted by molar-refractivity contribution is 0.288. The summed E-state index contributed by atoms with van der Waals surface area (Å²) in [5.41, 5.74) is 2.56. The van der Waals surface area contributed by atoms with Crippen molar-refractivity contribution >= 4 is 32.8 Å². The summed E-state index contributed by atoms with van der Waals surface area (Å²) in [7, 11) is -1.93. The molecule has 184 valence electrons. The number of sulfone groups is 1. The molecule has 35 heavy (non-hydrogen) atoms. The van der Waals surface area contributed by atoms with Gasteiger partial charge >= 0.3 is 0 Å². The molecule has 0 unspecified atom stereocenters. The molecule has 0 atom stereocenters. The lowest BCUT2D eigenvalue weighted by Gasteiger charge is -2.15. The minimum Gasteiger partial charge on any atom is -0.495 e. The third-order valence-corrected chi connectivity index (χ3v) is 8.19. The fraction of sp³-hybridized carbons (Fsp3) is 0.280. The van der Waals surface area contributed by atoms with Crippen molar-refractivity contribution in [3.8, 4) is 22.1 Å². The Kier molecular flexibility index (Phi) is 8.22. The van der Waals surface area contributed by atoms with Crippen LogP contribution < -0.4 is 4.74 Å². The van der Waals surface area contributed by atoms with Crippen molar-refractivity contribution in [3.05, 3.63) is 82.0 Å². The summed E-state index contributed by atoms with van der Waals surface area (Å²) < 4.78 is 33.6. The van der Waals surface area contributed by atoms with Crippen LogP contribution in [0.1, 0.15) is 23.4 Å². The van der Waals surface area contributed by atoms with Crippen LogP contribution in [0.3, 0.4) is 0 Å². The van der Waals surface area contributed by atoms with E-state index in [1.807, 2.05) is 47.8 Å². The Morgan fingerprint density at radius 3 is 2.51 bits per heavy atom. The van der Waals surface area contributed by atoms with E-state index in [-0.39, 0.29) is 18.1 Å². The Morgan fingerprint density at radius 1 is 1.06 bits per heavy atom. The fourth-order valence-corrected chi connectivity index (χ4v) is 5.87. The average Bonchev–Trinajstić information content (AvgIpc) is 3.52. The maximum absolute atomic E-state index is 13.1. The highest BCUT2D eigenvalue weighted by atomic mass is 35.5. The monoisotopic (exact) mass is 531 g/mol. The number of aryl methyl sites for hydroxylation is 2. The van der Waals surface area contributed by atoms with Gasteiger partial charge in [-0.2, -0.15) is 0 Å². The van der Waals surface area contributed by atoms with Crippen molar-refractivity contribution in [1.82, 2.24) is 14.8 Å². The van der Waals surface area contributed by atoms with E-state index in [0.29, 0.717) is 47.4 Å². The molecule has 0 saturated heterocycles. The predicted octanol–water partition coefficient (Wildman–Crippen LogP) is 4.74. The van der Waals surface area contributed by atoms with Gasteiger partial charge in [0.2, 0.25) is 0 Å². The number of aliphatic hydroxyl groups excluding tert-OH is 1. The Balaban J connectivity index is 1.71. The normalized spacial score (nSPS) is 11.6. The number of nitrogens with zero attached hydrogens (tertiary/aromatic N) is 3. The standard InChI is InChI=1S/C25H26ClN3O4S2/c1-33-22-11-8-19(4-2-13-30)16-21(22)29-24(27-28-25(29)23-5-3-14-34-23)17-35(31,32)15-12-18-6-9-20(26)10-7-18/h3,5-11,14,16,30H,2,4,12-13,15,17H2,1H3. The lowest BCUT2D eigenvalue weighted by Crippen LogP contribution is -2.15. The van der Waals surface area contributed by atoms with Crippen LogP contribution in [0.25, 0.3) is 16.4 Å². The molecule has 10 heteroatoms. The SMILES string of the molecule is COc1ccc(CCCO)cc1-n1c(CS(=O)(=O)CCc2ccc(Cl)cc2)nnc1-c1cccs1. The van der Waals surface area contributed by atoms with Crippen LogP contribution in [0.2, 0.25) is 5.02 Å². The van der Waals surface area contributed by atoms with Crippen LogP contribution in [-0.4, -0.2) is 47.8 Å². The van der Waals surface area contributed by atoms with Crippen molar-refractivity contribution in [2.45, 2.75) is 25.0 Å². The molecule has 0 aliphatic carbocycles. The van der Waals surface area contributed by atoms with Crippen LogP contribution in [0.15, 0.2) is 60.0 Å². The summed E-state index contributed by atoms with van der Waals surface area (Å²) in [4.78, 5) is 0.866. The summed E-state index contributed by atoms with van der Waals surface area (Å²) in [6, 6.07) is 16.7. The van der Waals surface area contributed by atoms with E-state index in [1.165, 1.54) is 11.3 Å². The number of benzene rings is 2. The van der Waals surface area contributed by atoms with Gasteiger partial charge in [-0.15, -0.1) is 21.5 Å². The van der Waals surface area contributed by atoms with Crippen LogP contribution in [-0.2, 0) is 28.4 Å². The van der Waals surface area contributed by atoms with Crippen molar-refractivity contribution < 1.29 is 18.3 Å². The molecule has 0 saturated carbocycles. The van der Waals surface area contributed by atoms with Gasteiger partial charge in [0.1, 0.15) is 11.5 Å². The molecule has 4 aromatic rings. The second-order valence-electron chi connectivity index (χ2n) is 8.05. The molecule has 4 rings (SSSR count). The summed E-state index contributed by atoms with van der Waals surface area (Å²) in [5, 5.41) is 20.5. The third kappa shape index (κ3) is 6.29. The second-order valence-corrected chi connectivity index (χ2v) is 11.6. The molecule has 1 N–H and O–H groups in total. The molecule has 0 aliphatic heterocycles. The van der Waals surface area contributed by atoms with Gasteiger partial charge in [-0.25, -0.2) is 8.42 Å². The zero-order valence-electron chi connectivity index (χ0n) is 19.2. The van der Waals surface area contributed by atoms with Gasteiger partial charge in [-0.05, 0) is 66.1 Å². The fourth-order valence-electron chi connectivity index (χ4n) is 3.77.